The van der Waals surface area contributed by atoms with E-state index in [2.05, 4.69) is 15.9 Å². The van der Waals surface area contributed by atoms with E-state index in [9.17, 15) is 4.79 Å². The largest absolute Gasteiger partial charge is 0.268 e. The molecule has 0 radical (unpaired) electrons. The van der Waals surface area contributed by atoms with Crippen molar-refractivity contribution in [3.05, 3.63) is 34.6 Å². The highest BCUT2D eigenvalue weighted by atomic mass is 79.9. The molecule has 0 saturated heterocycles. The molecule has 0 N–H and O–H groups in total. The van der Waals surface area contributed by atoms with Gasteiger partial charge in [-0.15, -0.1) is 0 Å². The lowest BCUT2D eigenvalue weighted by molar-refractivity contribution is 0.571. The average molecular weight is 342 g/mol. The fourth-order valence-corrected chi connectivity index (χ4v) is 3.65. The molecule has 0 spiro atoms. The van der Waals surface area contributed by atoms with Crippen molar-refractivity contribution in [3.63, 3.8) is 0 Å². The molecule has 0 saturated carbocycles. The van der Waals surface area contributed by atoms with Crippen molar-refractivity contribution in [1.82, 2.24) is 3.96 Å². The molecule has 2 rings (SSSR count). The van der Waals surface area contributed by atoms with Crippen LogP contribution in [-0.2, 0) is 6.54 Å². The third-order valence-corrected chi connectivity index (χ3v) is 4.98. The lowest BCUT2D eigenvalue weighted by atomic mass is 10.1. The normalized spacial score (nSPS) is 11.2. The van der Waals surface area contributed by atoms with Gasteiger partial charge in [0, 0.05) is 11.9 Å². The second-order valence-corrected chi connectivity index (χ2v) is 6.66. The molecule has 0 amide bonds. The summed E-state index contributed by atoms with van der Waals surface area (Å²) in [4.78, 5) is 12.1. The summed E-state index contributed by atoms with van der Waals surface area (Å²) in [5.74, 6) is 0. The van der Waals surface area contributed by atoms with E-state index < -0.39 is 0 Å². The zero-order valence-corrected chi connectivity index (χ0v) is 13.5. The number of aromatic nitrogens is 1. The maximum Gasteiger partial charge on any atom is 0.268 e. The quantitative estimate of drug-likeness (QED) is 0.499. The van der Waals surface area contributed by atoms with Gasteiger partial charge in [-0.1, -0.05) is 65.3 Å². The first kappa shape index (κ1) is 14.8. The Bertz CT molecular complexity index is 561. The van der Waals surface area contributed by atoms with Crippen molar-refractivity contribution in [3.8, 4) is 0 Å². The zero-order valence-electron chi connectivity index (χ0n) is 11.1. The Balaban J connectivity index is 1.79. The molecule has 0 unspecified atom stereocenters. The van der Waals surface area contributed by atoms with Gasteiger partial charge in [0.15, 0.2) is 0 Å². The topological polar surface area (TPSA) is 22.0 Å². The van der Waals surface area contributed by atoms with Crippen LogP contribution < -0.4 is 5.56 Å². The van der Waals surface area contributed by atoms with Crippen molar-refractivity contribution in [2.75, 3.05) is 5.33 Å². The molecule has 19 heavy (non-hydrogen) atoms. The van der Waals surface area contributed by atoms with Gasteiger partial charge in [0.2, 0.25) is 0 Å². The lowest BCUT2D eigenvalue weighted by Gasteiger charge is -2.01. The number of rotatable bonds is 8. The predicted octanol–water partition coefficient (Wildman–Crippen LogP) is 4.80. The molecule has 0 bridgehead atoms. The SMILES string of the molecule is O=c1c2ccccc2sn1CCCCCCCCBr. The number of halogens is 1. The number of aryl methyl sites for hydroxylation is 1. The summed E-state index contributed by atoms with van der Waals surface area (Å²) in [5, 5.41) is 1.98. The molecular weight excluding hydrogens is 322 g/mol. The van der Waals surface area contributed by atoms with Crippen LogP contribution in [-0.4, -0.2) is 9.29 Å². The first-order valence-corrected chi connectivity index (χ1v) is 8.87. The van der Waals surface area contributed by atoms with Gasteiger partial charge in [0.25, 0.3) is 5.56 Å². The van der Waals surface area contributed by atoms with Crippen LogP contribution in [0.2, 0.25) is 0 Å². The van der Waals surface area contributed by atoms with E-state index in [1.165, 1.54) is 32.1 Å². The van der Waals surface area contributed by atoms with E-state index >= 15 is 0 Å². The number of benzene rings is 1. The Morgan fingerprint density at radius 2 is 1.68 bits per heavy atom. The van der Waals surface area contributed by atoms with Gasteiger partial charge in [-0.05, 0) is 25.0 Å². The maximum atomic E-state index is 12.1. The Labute approximate surface area is 126 Å². The minimum absolute atomic E-state index is 0.180. The van der Waals surface area contributed by atoms with Gasteiger partial charge >= 0.3 is 0 Å². The average Bonchev–Trinajstić information content (AvgIpc) is 2.75. The summed E-state index contributed by atoms with van der Waals surface area (Å²) in [6.45, 7) is 0.872. The van der Waals surface area contributed by atoms with Crippen LogP contribution >= 0.6 is 27.5 Å². The molecule has 2 aromatic rings. The Hall–Kier alpha value is -0.610. The Kier molecular flexibility index (Phi) is 6.11. The molecule has 0 fully saturated rings. The smallest absolute Gasteiger partial charge is 0.268 e. The summed E-state index contributed by atoms with van der Waals surface area (Å²) in [6, 6.07) is 7.88. The molecule has 104 valence electrons. The molecule has 0 aliphatic rings. The van der Waals surface area contributed by atoms with Gasteiger partial charge in [0.1, 0.15) is 0 Å². The fourth-order valence-electron chi connectivity index (χ4n) is 2.22. The van der Waals surface area contributed by atoms with Crippen molar-refractivity contribution >= 4 is 37.5 Å². The van der Waals surface area contributed by atoms with Crippen molar-refractivity contribution in [1.29, 1.82) is 0 Å². The van der Waals surface area contributed by atoms with E-state index in [1.807, 2.05) is 28.2 Å². The maximum absolute atomic E-state index is 12.1. The minimum atomic E-state index is 0.180. The molecule has 1 heterocycles. The van der Waals surface area contributed by atoms with Crippen LogP contribution in [0.25, 0.3) is 10.1 Å². The highest BCUT2D eigenvalue weighted by molar-refractivity contribution is 9.09. The van der Waals surface area contributed by atoms with Crippen LogP contribution in [0.1, 0.15) is 38.5 Å². The van der Waals surface area contributed by atoms with E-state index in [4.69, 9.17) is 0 Å². The summed E-state index contributed by atoms with van der Waals surface area (Å²) < 4.78 is 3.01. The van der Waals surface area contributed by atoms with Gasteiger partial charge in [-0.25, -0.2) is 0 Å². The first-order valence-electron chi connectivity index (χ1n) is 6.98. The third-order valence-electron chi connectivity index (χ3n) is 3.30. The van der Waals surface area contributed by atoms with Crippen LogP contribution in [0, 0.1) is 0 Å². The van der Waals surface area contributed by atoms with Gasteiger partial charge in [0.05, 0.1) is 10.1 Å². The van der Waals surface area contributed by atoms with Crippen molar-refractivity contribution in [2.45, 2.75) is 45.1 Å². The highest BCUT2D eigenvalue weighted by Crippen LogP contribution is 2.16. The van der Waals surface area contributed by atoms with Crippen LogP contribution in [0.15, 0.2) is 29.1 Å². The van der Waals surface area contributed by atoms with Gasteiger partial charge in [-0.2, -0.15) is 0 Å². The summed E-state index contributed by atoms with van der Waals surface area (Å²) in [6.07, 6.45) is 7.52. The van der Waals surface area contributed by atoms with E-state index in [1.54, 1.807) is 11.5 Å². The molecule has 2 nitrogen and oxygen atoms in total. The Morgan fingerprint density at radius 1 is 1.00 bits per heavy atom. The van der Waals surface area contributed by atoms with E-state index in [0.717, 1.165) is 28.4 Å². The predicted molar refractivity (Wildman–Crippen MR) is 87.6 cm³/mol. The first-order chi connectivity index (χ1) is 9.33. The number of alkyl halides is 1. The van der Waals surface area contributed by atoms with Crippen molar-refractivity contribution in [2.24, 2.45) is 0 Å². The number of unbranched alkanes of at least 4 members (excludes halogenated alkanes) is 5. The Morgan fingerprint density at radius 3 is 2.42 bits per heavy atom. The van der Waals surface area contributed by atoms with Gasteiger partial charge in [-0.3, -0.25) is 8.75 Å². The number of hydrogen-bond donors (Lipinski definition) is 0. The number of nitrogens with zero attached hydrogens (tertiary/aromatic N) is 1. The van der Waals surface area contributed by atoms with E-state index in [-0.39, 0.29) is 5.56 Å². The molecule has 0 atom stereocenters. The number of hydrogen-bond acceptors (Lipinski definition) is 2. The molecular formula is C15H20BrNOS. The standard InChI is InChI=1S/C15H20BrNOS/c16-11-7-3-1-2-4-8-12-17-15(18)13-9-5-6-10-14(13)19-17/h5-6,9-10H,1-4,7-8,11-12H2. The van der Waals surface area contributed by atoms with Gasteiger partial charge < -0.3 is 0 Å². The van der Waals surface area contributed by atoms with Crippen LogP contribution in [0.4, 0.5) is 0 Å². The fraction of sp³-hybridized carbons (Fsp3) is 0.533. The second kappa shape index (κ2) is 7.85. The van der Waals surface area contributed by atoms with Crippen molar-refractivity contribution < 1.29 is 0 Å². The second-order valence-electron chi connectivity index (χ2n) is 4.81. The number of fused-ring (bicyclic) bond motifs is 1. The molecule has 4 heteroatoms. The third kappa shape index (κ3) is 4.18. The molecule has 1 aromatic carbocycles. The lowest BCUT2D eigenvalue weighted by Crippen LogP contribution is -2.12. The minimum Gasteiger partial charge on any atom is -0.268 e. The molecule has 0 aliphatic carbocycles. The monoisotopic (exact) mass is 341 g/mol. The van der Waals surface area contributed by atoms with E-state index in [0.29, 0.717) is 0 Å². The summed E-state index contributed by atoms with van der Waals surface area (Å²) in [7, 11) is 0. The van der Waals surface area contributed by atoms with Crippen LogP contribution in [0.5, 0.6) is 0 Å². The summed E-state index contributed by atoms with van der Waals surface area (Å²) >= 11 is 5.04. The zero-order chi connectivity index (χ0) is 13.5. The van der Waals surface area contributed by atoms with Crippen LogP contribution in [0.3, 0.4) is 0 Å². The summed E-state index contributed by atoms with van der Waals surface area (Å²) in [5.41, 5.74) is 0.180. The molecule has 0 aliphatic heterocycles. The molecule has 1 aromatic heterocycles. The highest BCUT2D eigenvalue weighted by Gasteiger charge is 2.05.